The van der Waals surface area contributed by atoms with Gasteiger partial charge in [-0.2, -0.15) is 0 Å². The Morgan fingerprint density at radius 1 is 1.40 bits per heavy atom. The van der Waals surface area contributed by atoms with Gasteiger partial charge in [-0.1, -0.05) is 6.07 Å². The first kappa shape index (κ1) is 17.9. The van der Waals surface area contributed by atoms with Crippen molar-refractivity contribution in [3.63, 3.8) is 0 Å². The number of aryl methyl sites for hydroxylation is 1. The molecule has 2 rings (SSSR count). The third kappa shape index (κ3) is 4.43. The van der Waals surface area contributed by atoms with Crippen LogP contribution >= 0.6 is 28.3 Å². The van der Waals surface area contributed by atoms with E-state index >= 15 is 0 Å². The third-order valence-electron chi connectivity index (χ3n) is 3.32. The van der Waals surface area contributed by atoms with E-state index < -0.39 is 10.0 Å². The maximum atomic E-state index is 12.4. The molecule has 1 saturated heterocycles. The van der Waals surface area contributed by atoms with E-state index in [1.165, 1.54) is 0 Å². The molecule has 7 heteroatoms. The first-order chi connectivity index (χ1) is 8.88. The van der Waals surface area contributed by atoms with Gasteiger partial charge in [0.05, 0.1) is 4.90 Å². The van der Waals surface area contributed by atoms with Gasteiger partial charge in [-0.05, 0) is 66.9 Å². The number of halogens is 2. The minimum absolute atomic E-state index is 0. The molecule has 2 atom stereocenters. The Labute approximate surface area is 135 Å². The second kappa shape index (κ2) is 7.22. The summed E-state index contributed by atoms with van der Waals surface area (Å²) in [6.45, 7) is 4.86. The minimum Gasteiger partial charge on any atom is -0.314 e. The lowest BCUT2D eigenvalue weighted by Gasteiger charge is -2.28. The third-order valence-corrected chi connectivity index (χ3v) is 5.82. The van der Waals surface area contributed by atoms with Crippen molar-refractivity contribution < 1.29 is 8.42 Å². The van der Waals surface area contributed by atoms with E-state index in [9.17, 15) is 8.42 Å². The zero-order valence-corrected chi connectivity index (χ0v) is 14.7. The number of benzene rings is 1. The lowest BCUT2D eigenvalue weighted by atomic mass is 10.0. The Balaban J connectivity index is 0.00000200. The van der Waals surface area contributed by atoms with Gasteiger partial charge in [0.2, 0.25) is 10.0 Å². The predicted molar refractivity (Wildman–Crippen MR) is 86.9 cm³/mol. The van der Waals surface area contributed by atoms with Gasteiger partial charge in [0.15, 0.2) is 0 Å². The van der Waals surface area contributed by atoms with Crippen LogP contribution in [0.25, 0.3) is 0 Å². The predicted octanol–water partition coefficient (Wildman–Crippen LogP) is 2.60. The molecule has 0 spiro atoms. The number of sulfonamides is 1. The highest BCUT2D eigenvalue weighted by atomic mass is 79.9. The van der Waals surface area contributed by atoms with Crippen LogP contribution in [0.4, 0.5) is 0 Å². The maximum Gasteiger partial charge on any atom is 0.241 e. The van der Waals surface area contributed by atoms with Gasteiger partial charge in [-0.3, -0.25) is 0 Å². The van der Waals surface area contributed by atoms with Gasteiger partial charge in [0, 0.05) is 16.6 Å². The van der Waals surface area contributed by atoms with Crippen molar-refractivity contribution in [1.29, 1.82) is 0 Å². The van der Waals surface area contributed by atoms with Gasteiger partial charge in [-0.25, -0.2) is 13.1 Å². The minimum atomic E-state index is -3.46. The van der Waals surface area contributed by atoms with Crippen LogP contribution in [0.2, 0.25) is 0 Å². The quantitative estimate of drug-likeness (QED) is 0.843. The van der Waals surface area contributed by atoms with Crippen molar-refractivity contribution >= 4 is 38.4 Å². The van der Waals surface area contributed by atoms with Crippen molar-refractivity contribution in [1.82, 2.24) is 10.0 Å². The van der Waals surface area contributed by atoms with Crippen LogP contribution in [0.15, 0.2) is 27.6 Å². The highest BCUT2D eigenvalue weighted by molar-refractivity contribution is 9.10. The van der Waals surface area contributed by atoms with E-state index in [4.69, 9.17) is 0 Å². The van der Waals surface area contributed by atoms with Gasteiger partial charge in [0.1, 0.15) is 0 Å². The number of hydrogen-bond acceptors (Lipinski definition) is 3. The van der Waals surface area contributed by atoms with E-state index in [1.807, 2.05) is 19.1 Å². The molecule has 0 bridgehead atoms. The van der Waals surface area contributed by atoms with Crippen molar-refractivity contribution in [2.24, 2.45) is 0 Å². The Bertz CT molecular complexity index is 565. The summed E-state index contributed by atoms with van der Waals surface area (Å²) >= 11 is 3.33. The van der Waals surface area contributed by atoms with E-state index in [1.54, 1.807) is 6.07 Å². The summed E-state index contributed by atoms with van der Waals surface area (Å²) in [6.07, 6.45) is 1.65. The number of piperidine rings is 1. The maximum absolute atomic E-state index is 12.4. The van der Waals surface area contributed by atoms with E-state index in [2.05, 4.69) is 32.9 Å². The molecule has 0 aromatic heterocycles. The van der Waals surface area contributed by atoms with Crippen molar-refractivity contribution in [2.45, 2.75) is 43.7 Å². The molecule has 1 aromatic carbocycles. The number of rotatable bonds is 3. The largest absolute Gasteiger partial charge is 0.314 e. The monoisotopic (exact) mass is 382 g/mol. The van der Waals surface area contributed by atoms with Gasteiger partial charge < -0.3 is 5.32 Å². The van der Waals surface area contributed by atoms with Crippen molar-refractivity contribution in [2.75, 3.05) is 6.54 Å². The first-order valence-electron chi connectivity index (χ1n) is 6.40. The molecule has 1 aliphatic heterocycles. The average molecular weight is 384 g/mol. The van der Waals surface area contributed by atoms with Gasteiger partial charge in [-0.15, -0.1) is 12.4 Å². The zero-order chi connectivity index (χ0) is 14.0. The SMILES string of the molecule is Cc1ccc(S(=O)(=O)NC2CCNC(C)C2)c(Br)c1.Cl. The molecular weight excluding hydrogens is 364 g/mol. The molecule has 1 fully saturated rings. The molecule has 0 aliphatic carbocycles. The Morgan fingerprint density at radius 3 is 2.70 bits per heavy atom. The second-order valence-electron chi connectivity index (χ2n) is 5.13. The number of hydrogen-bond donors (Lipinski definition) is 2. The standard InChI is InChI=1S/C13H19BrN2O2S.ClH/c1-9-3-4-13(12(14)7-9)19(17,18)16-11-5-6-15-10(2)8-11;/h3-4,7,10-11,15-16H,5-6,8H2,1-2H3;1H. The van der Waals surface area contributed by atoms with Crippen LogP contribution < -0.4 is 10.0 Å². The summed E-state index contributed by atoms with van der Waals surface area (Å²) < 4.78 is 28.2. The lowest BCUT2D eigenvalue weighted by Crippen LogP contribution is -2.46. The fraction of sp³-hybridized carbons (Fsp3) is 0.538. The normalized spacial score (nSPS) is 23.1. The first-order valence-corrected chi connectivity index (χ1v) is 8.68. The zero-order valence-electron chi connectivity index (χ0n) is 11.5. The summed E-state index contributed by atoms with van der Waals surface area (Å²) in [5.41, 5.74) is 1.03. The summed E-state index contributed by atoms with van der Waals surface area (Å²) in [4.78, 5) is 0.310. The highest BCUT2D eigenvalue weighted by Crippen LogP contribution is 2.24. The van der Waals surface area contributed by atoms with Crippen LogP contribution in [0.3, 0.4) is 0 Å². The van der Waals surface area contributed by atoms with Gasteiger partial charge in [0.25, 0.3) is 0 Å². The summed E-state index contributed by atoms with van der Waals surface area (Å²) in [6, 6.07) is 5.63. The van der Waals surface area contributed by atoms with E-state index in [0.29, 0.717) is 15.4 Å². The molecular formula is C13H20BrClN2O2S. The van der Waals surface area contributed by atoms with Crippen LogP contribution in [0.5, 0.6) is 0 Å². The molecule has 1 heterocycles. The summed E-state index contributed by atoms with van der Waals surface area (Å²) in [5.74, 6) is 0. The average Bonchev–Trinajstić information content (AvgIpc) is 2.27. The lowest BCUT2D eigenvalue weighted by molar-refractivity contribution is 0.361. The molecule has 4 nitrogen and oxygen atoms in total. The van der Waals surface area contributed by atoms with Crippen LogP contribution in [0, 0.1) is 6.92 Å². The van der Waals surface area contributed by atoms with E-state index in [-0.39, 0.29) is 18.4 Å². The second-order valence-corrected chi connectivity index (χ2v) is 7.67. The topological polar surface area (TPSA) is 58.2 Å². The van der Waals surface area contributed by atoms with Crippen LogP contribution in [-0.4, -0.2) is 27.0 Å². The Kier molecular flexibility index (Phi) is 6.47. The molecule has 0 amide bonds. The summed E-state index contributed by atoms with van der Waals surface area (Å²) in [7, 11) is -3.46. The summed E-state index contributed by atoms with van der Waals surface area (Å²) in [5, 5.41) is 3.31. The Morgan fingerprint density at radius 2 is 2.10 bits per heavy atom. The molecule has 0 radical (unpaired) electrons. The smallest absolute Gasteiger partial charge is 0.241 e. The fourth-order valence-electron chi connectivity index (χ4n) is 2.35. The number of nitrogens with one attached hydrogen (secondary N) is 2. The molecule has 0 saturated carbocycles. The van der Waals surface area contributed by atoms with Crippen molar-refractivity contribution in [3.05, 3.63) is 28.2 Å². The van der Waals surface area contributed by atoms with Crippen LogP contribution in [0.1, 0.15) is 25.3 Å². The van der Waals surface area contributed by atoms with E-state index in [0.717, 1.165) is 24.9 Å². The Hall–Kier alpha value is -0.140. The highest BCUT2D eigenvalue weighted by Gasteiger charge is 2.25. The molecule has 1 aliphatic rings. The van der Waals surface area contributed by atoms with Gasteiger partial charge >= 0.3 is 0 Å². The van der Waals surface area contributed by atoms with Crippen LogP contribution in [-0.2, 0) is 10.0 Å². The van der Waals surface area contributed by atoms with Crippen molar-refractivity contribution in [3.8, 4) is 0 Å². The molecule has 114 valence electrons. The molecule has 2 unspecified atom stereocenters. The molecule has 1 aromatic rings. The fourth-order valence-corrected chi connectivity index (χ4v) is 4.82. The molecule has 20 heavy (non-hydrogen) atoms. The molecule has 2 N–H and O–H groups in total.